The number of Topliss-reactive ketones (excluding diaryl/α,β-unsaturated/α-hetero) is 1. The molecule has 0 radical (unpaired) electrons. The molecular weight excluding hydrogens is 309 g/mol. The molecule has 0 fully saturated rings. The molecule has 0 saturated carbocycles. The summed E-state index contributed by atoms with van der Waals surface area (Å²) in [5.41, 5.74) is 0.770. The summed E-state index contributed by atoms with van der Waals surface area (Å²) in [4.78, 5) is 28.3. The average molecular weight is 325 g/mol. The van der Waals surface area contributed by atoms with Gasteiger partial charge in [-0.25, -0.2) is 9.37 Å². The van der Waals surface area contributed by atoms with Gasteiger partial charge in [0.2, 0.25) is 0 Å². The predicted molar refractivity (Wildman–Crippen MR) is 86.4 cm³/mol. The number of carbonyl (C=O) groups is 2. The third-order valence-corrected chi connectivity index (χ3v) is 3.58. The van der Waals surface area contributed by atoms with Gasteiger partial charge in [-0.1, -0.05) is 25.1 Å². The number of nitrogens with zero attached hydrogens (tertiary/aromatic N) is 2. The number of pyridine rings is 1. The molecule has 0 saturated heterocycles. The first-order valence-corrected chi connectivity index (χ1v) is 7.41. The van der Waals surface area contributed by atoms with Gasteiger partial charge in [-0.05, 0) is 35.7 Å². The fraction of sp³-hybridized carbons (Fsp3) is 0.222. The number of halogens is 1. The first-order chi connectivity index (χ1) is 11.5. The molecule has 5 nitrogen and oxygen atoms in total. The van der Waals surface area contributed by atoms with E-state index in [1.165, 1.54) is 18.3 Å². The number of aromatic nitrogens is 1. The maximum absolute atomic E-state index is 12.9. The maximum Gasteiger partial charge on any atom is 0.250 e. The van der Waals surface area contributed by atoms with E-state index in [1.807, 2.05) is 0 Å². The number of ketones is 1. The van der Waals surface area contributed by atoms with E-state index in [0.29, 0.717) is 0 Å². The molecule has 1 heterocycles. The molecule has 1 amide bonds. The Hall–Kier alpha value is -3.07. The summed E-state index contributed by atoms with van der Waals surface area (Å²) in [5, 5.41) is 11.6. The van der Waals surface area contributed by atoms with E-state index in [2.05, 4.69) is 10.3 Å². The molecule has 1 N–H and O–H groups in total. The second-order valence-electron chi connectivity index (χ2n) is 5.39. The summed E-state index contributed by atoms with van der Waals surface area (Å²) >= 11 is 0. The Bertz CT molecular complexity index is 754. The smallest absolute Gasteiger partial charge is 0.250 e. The summed E-state index contributed by atoms with van der Waals surface area (Å²) in [7, 11) is 0. The number of nitrogens with one attached hydrogen (secondary N) is 1. The van der Waals surface area contributed by atoms with Gasteiger partial charge in [-0.15, -0.1) is 0 Å². The van der Waals surface area contributed by atoms with Crippen LogP contribution in [-0.4, -0.2) is 16.7 Å². The highest BCUT2D eigenvalue weighted by atomic mass is 19.1. The van der Waals surface area contributed by atoms with Crippen LogP contribution in [0.15, 0.2) is 48.7 Å². The van der Waals surface area contributed by atoms with E-state index in [9.17, 15) is 14.0 Å². The summed E-state index contributed by atoms with van der Waals surface area (Å²) < 4.78 is 12.9. The minimum Gasteiger partial charge on any atom is -0.309 e. The van der Waals surface area contributed by atoms with E-state index in [1.54, 1.807) is 43.3 Å². The number of hydrogen-bond donors (Lipinski definition) is 1. The first kappa shape index (κ1) is 17.3. The lowest BCUT2D eigenvalue weighted by atomic mass is 9.91. The van der Waals surface area contributed by atoms with Crippen LogP contribution in [0.1, 0.15) is 24.8 Å². The molecule has 24 heavy (non-hydrogen) atoms. The third kappa shape index (κ3) is 4.46. The van der Waals surface area contributed by atoms with E-state index in [-0.39, 0.29) is 24.0 Å². The zero-order valence-electron chi connectivity index (χ0n) is 13.1. The molecule has 122 valence electrons. The fourth-order valence-corrected chi connectivity index (χ4v) is 2.24. The number of nitriles is 1. The molecule has 0 bridgehead atoms. The van der Waals surface area contributed by atoms with Crippen molar-refractivity contribution in [3.05, 3.63) is 60.0 Å². The summed E-state index contributed by atoms with van der Waals surface area (Å²) in [5.74, 6) is -2.90. The predicted octanol–water partition coefficient (Wildman–Crippen LogP) is 3.06. The number of rotatable bonds is 6. The Balaban J connectivity index is 2.01. The minimum absolute atomic E-state index is 0.0134. The highest BCUT2D eigenvalue weighted by molar-refractivity contribution is 6.09. The number of hydrogen-bond acceptors (Lipinski definition) is 4. The molecule has 1 aromatic carbocycles. The lowest BCUT2D eigenvalue weighted by Crippen LogP contribution is -2.29. The van der Waals surface area contributed by atoms with Crippen LogP contribution < -0.4 is 5.32 Å². The van der Waals surface area contributed by atoms with Gasteiger partial charge in [0.25, 0.3) is 5.91 Å². The van der Waals surface area contributed by atoms with Crippen LogP contribution >= 0.6 is 0 Å². The monoisotopic (exact) mass is 325 g/mol. The average Bonchev–Trinajstić information content (AvgIpc) is 2.57. The number of benzene rings is 1. The molecule has 0 aliphatic rings. The lowest BCUT2D eigenvalue weighted by molar-refractivity contribution is -0.129. The van der Waals surface area contributed by atoms with Crippen molar-refractivity contribution >= 4 is 17.5 Å². The largest absolute Gasteiger partial charge is 0.309 e. The number of anilines is 1. The second kappa shape index (κ2) is 7.97. The first-order valence-electron chi connectivity index (χ1n) is 7.41. The number of carbonyl (C=O) groups excluding carboxylic acids is 2. The topological polar surface area (TPSA) is 82.8 Å². The van der Waals surface area contributed by atoms with Gasteiger partial charge in [0.15, 0.2) is 11.7 Å². The Kier molecular flexibility index (Phi) is 5.74. The summed E-state index contributed by atoms with van der Waals surface area (Å²) in [6, 6.07) is 12.5. The zero-order chi connectivity index (χ0) is 17.5. The van der Waals surface area contributed by atoms with Crippen molar-refractivity contribution < 1.29 is 14.0 Å². The standard InChI is InChI=1S/C18H16FN3O2/c1-12(13-5-7-14(19)8-6-13)10-16(23)15(11-20)18(24)22-17-4-2-3-9-21-17/h2-9,12,15H,10H2,1H3,(H,21,22,24)/t12-,15-/m1/s1. The van der Waals surface area contributed by atoms with Crippen molar-refractivity contribution in [3.63, 3.8) is 0 Å². The zero-order valence-corrected chi connectivity index (χ0v) is 13.1. The summed E-state index contributed by atoms with van der Waals surface area (Å²) in [6.07, 6.45) is 1.51. The van der Waals surface area contributed by atoms with Gasteiger partial charge < -0.3 is 5.32 Å². The van der Waals surface area contributed by atoms with Gasteiger partial charge in [0.05, 0.1) is 6.07 Å². The molecule has 2 aromatic rings. The van der Waals surface area contributed by atoms with Crippen molar-refractivity contribution in [2.75, 3.05) is 5.32 Å². The molecule has 1 aromatic heterocycles. The lowest BCUT2D eigenvalue weighted by Gasteiger charge is -2.13. The minimum atomic E-state index is -1.41. The van der Waals surface area contributed by atoms with Crippen LogP contribution in [0.5, 0.6) is 0 Å². The molecule has 0 aliphatic heterocycles. The molecule has 2 atom stereocenters. The van der Waals surface area contributed by atoms with E-state index >= 15 is 0 Å². The van der Waals surface area contributed by atoms with Crippen molar-refractivity contribution in [2.45, 2.75) is 19.3 Å². The molecule has 0 unspecified atom stereocenters. The van der Waals surface area contributed by atoms with Crippen LogP contribution in [0.3, 0.4) is 0 Å². The van der Waals surface area contributed by atoms with E-state index in [0.717, 1.165) is 5.56 Å². The molecule has 0 aliphatic carbocycles. The van der Waals surface area contributed by atoms with Crippen LogP contribution in [0.25, 0.3) is 0 Å². The Morgan fingerprint density at radius 2 is 1.96 bits per heavy atom. The van der Waals surface area contributed by atoms with Crippen molar-refractivity contribution in [1.82, 2.24) is 4.98 Å². The van der Waals surface area contributed by atoms with Gasteiger partial charge in [-0.2, -0.15) is 5.26 Å². The van der Waals surface area contributed by atoms with Gasteiger partial charge >= 0.3 is 0 Å². The van der Waals surface area contributed by atoms with Crippen LogP contribution in [0.4, 0.5) is 10.2 Å². The Morgan fingerprint density at radius 1 is 1.25 bits per heavy atom. The molecule has 0 spiro atoms. The molecule has 2 rings (SSSR count). The van der Waals surface area contributed by atoms with Gasteiger partial charge in [-0.3, -0.25) is 9.59 Å². The van der Waals surface area contributed by atoms with Crippen molar-refractivity contribution in [3.8, 4) is 6.07 Å². The van der Waals surface area contributed by atoms with Crippen molar-refractivity contribution in [2.24, 2.45) is 5.92 Å². The number of amides is 1. The highest BCUT2D eigenvalue weighted by Gasteiger charge is 2.28. The van der Waals surface area contributed by atoms with Crippen LogP contribution in [-0.2, 0) is 9.59 Å². The van der Waals surface area contributed by atoms with E-state index < -0.39 is 17.6 Å². The van der Waals surface area contributed by atoms with Gasteiger partial charge in [0, 0.05) is 12.6 Å². The summed E-state index contributed by atoms with van der Waals surface area (Å²) in [6.45, 7) is 1.79. The molecular formula is C18H16FN3O2. The van der Waals surface area contributed by atoms with Gasteiger partial charge in [0.1, 0.15) is 11.6 Å². The fourth-order valence-electron chi connectivity index (χ4n) is 2.24. The quantitative estimate of drug-likeness (QED) is 0.827. The van der Waals surface area contributed by atoms with Crippen molar-refractivity contribution in [1.29, 1.82) is 5.26 Å². The Labute approximate surface area is 139 Å². The third-order valence-electron chi connectivity index (χ3n) is 3.58. The second-order valence-corrected chi connectivity index (χ2v) is 5.39. The normalized spacial score (nSPS) is 12.7. The van der Waals surface area contributed by atoms with E-state index in [4.69, 9.17) is 5.26 Å². The van der Waals surface area contributed by atoms with Crippen LogP contribution in [0, 0.1) is 23.1 Å². The van der Waals surface area contributed by atoms with Crippen LogP contribution in [0.2, 0.25) is 0 Å². The molecule has 6 heteroatoms. The maximum atomic E-state index is 12.9. The SMILES string of the molecule is C[C@H](CC(=O)[C@@H](C#N)C(=O)Nc1ccccn1)c1ccc(F)cc1. The Morgan fingerprint density at radius 3 is 2.54 bits per heavy atom. The highest BCUT2D eigenvalue weighted by Crippen LogP contribution is 2.21.